The number of rotatable bonds is 5. The lowest BCUT2D eigenvalue weighted by Gasteiger charge is -2.14. The normalized spacial score (nSPS) is 11.6. The van der Waals surface area contributed by atoms with E-state index in [2.05, 4.69) is 34.8 Å². The third-order valence-electron chi connectivity index (χ3n) is 3.56. The fourth-order valence-electron chi connectivity index (χ4n) is 2.54. The summed E-state index contributed by atoms with van der Waals surface area (Å²) in [5.41, 5.74) is 10.0. The molecule has 4 nitrogen and oxygen atoms in total. The highest BCUT2D eigenvalue weighted by Crippen LogP contribution is 2.27. The number of anilines is 1. The SMILES string of the molecule is CCCN(C)Cc1csc2nc(-c3ccccc3N)cn12. The highest BCUT2D eigenvalue weighted by molar-refractivity contribution is 7.15. The van der Waals surface area contributed by atoms with Gasteiger partial charge >= 0.3 is 0 Å². The van der Waals surface area contributed by atoms with Crippen molar-refractivity contribution < 1.29 is 0 Å². The van der Waals surface area contributed by atoms with Crippen LogP contribution in [0.4, 0.5) is 5.69 Å². The second-order valence-corrected chi connectivity index (χ2v) is 6.17. The summed E-state index contributed by atoms with van der Waals surface area (Å²) in [6.45, 7) is 4.24. The molecule has 0 fully saturated rings. The van der Waals surface area contributed by atoms with Gasteiger partial charge in [0.15, 0.2) is 4.96 Å². The molecule has 3 rings (SSSR count). The average Bonchev–Trinajstić information content (AvgIpc) is 3.02. The van der Waals surface area contributed by atoms with Crippen LogP contribution in [0.15, 0.2) is 35.8 Å². The molecule has 0 saturated carbocycles. The van der Waals surface area contributed by atoms with Gasteiger partial charge in [-0.1, -0.05) is 25.1 Å². The van der Waals surface area contributed by atoms with E-state index in [0.29, 0.717) is 0 Å². The van der Waals surface area contributed by atoms with Crippen LogP contribution < -0.4 is 5.73 Å². The quantitative estimate of drug-likeness (QED) is 0.734. The summed E-state index contributed by atoms with van der Waals surface area (Å²) in [5.74, 6) is 0. The van der Waals surface area contributed by atoms with Crippen LogP contribution in [-0.2, 0) is 6.54 Å². The molecule has 2 heterocycles. The predicted octanol–water partition coefficient (Wildman–Crippen LogP) is 3.49. The van der Waals surface area contributed by atoms with E-state index in [1.165, 1.54) is 12.1 Å². The first-order chi connectivity index (χ1) is 10.2. The third-order valence-corrected chi connectivity index (χ3v) is 4.45. The highest BCUT2D eigenvalue weighted by atomic mass is 32.1. The summed E-state index contributed by atoms with van der Waals surface area (Å²) < 4.78 is 2.18. The summed E-state index contributed by atoms with van der Waals surface area (Å²) in [6, 6.07) is 7.88. The number of aromatic nitrogens is 2. The number of para-hydroxylation sites is 1. The lowest BCUT2D eigenvalue weighted by molar-refractivity contribution is 0.323. The van der Waals surface area contributed by atoms with Gasteiger partial charge < -0.3 is 10.6 Å². The van der Waals surface area contributed by atoms with Gasteiger partial charge in [0.05, 0.1) is 5.69 Å². The van der Waals surface area contributed by atoms with E-state index in [4.69, 9.17) is 10.7 Å². The van der Waals surface area contributed by atoms with Gasteiger partial charge in [0.25, 0.3) is 0 Å². The number of nitrogen functional groups attached to an aromatic ring is 1. The number of benzene rings is 1. The maximum Gasteiger partial charge on any atom is 0.194 e. The molecule has 0 aliphatic rings. The lowest BCUT2D eigenvalue weighted by Crippen LogP contribution is -2.19. The Bertz CT molecular complexity index is 744. The molecule has 5 heteroatoms. The van der Waals surface area contributed by atoms with Crippen LogP contribution >= 0.6 is 11.3 Å². The van der Waals surface area contributed by atoms with Gasteiger partial charge in [0, 0.05) is 35.1 Å². The van der Waals surface area contributed by atoms with E-state index < -0.39 is 0 Å². The number of thiazole rings is 1. The van der Waals surface area contributed by atoms with Crippen molar-refractivity contribution in [2.75, 3.05) is 19.3 Å². The minimum Gasteiger partial charge on any atom is -0.398 e. The molecule has 3 aromatic rings. The van der Waals surface area contributed by atoms with Gasteiger partial charge in [-0.2, -0.15) is 0 Å². The van der Waals surface area contributed by atoms with Gasteiger partial charge in [0.2, 0.25) is 0 Å². The summed E-state index contributed by atoms with van der Waals surface area (Å²) in [4.78, 5) is 8.05. The highest BCUT2D eigenvalue weighted by Gasteiger charge is 2.12. The summed E-state index contributed by atoms with van der Waals surface area (Å²) in [5, 5.41) is 2.19. The Hall–Kier alpha value is -1.85. The Balaban J connectivity index is 1.94. The van der Waals surface area contributed by atoms with Crippen LogP contribution in [0.1, 0.15) is 19.0 Å². The first-order valence-electron chi connectivity index (χ1n) is 7.18. The van der Waals surface area contributed by atoms with E-state index in [-0.39, 0.29) is 0 Å². The Labute approximate surface area is 128 Å². The van der Waals surface area contributed by atoms with E-state index in [1.54, 1.807) is 11.3 Å². The summed E-state index contributed by atoms with van der Waals surface area (Å²) in [6.07, 6.45) is 3.26. The Morgan fingerprint density at radius 2 is 2.14 bits per heavy atom. The van der Waals surface area contributed by atoms with E-state index in [9.17, 15) is 0 Å². The number of nitrogens with two attached hydrogens (primary N) is 1. The van der Waals surface area contributed by atoms with Crippen molar-refractivity contribution in [1.29, 1.82) is 0 Å². The van der Waals surface area contributed by atoms with E-state index in [1.807, 2.05) is 24.3 Å². The van der Waals surface area contributed by atoms with Crippen LogP contribution in [0.25, 0.3) is 16.2 Å². The largest absolute Gasteiger partial charge is 0.398 e. The molecule has 0 aliphatic heterocycles. The number of imidazole rings is 1. The van der Waals surface area contributed by atoms with Crippen LogP contribution in [0.5, 0.6) is 0 Å². The molecule has 1 aromatic carbocycles. The molecule has 110 valence electrons. The summed E-state index contributed by atoms with van der Waals surface area (Å²) in [7, 11) is 2.15. The molecule has 0 saturated heterocycles. The molecule has 21 heavy (non-hydrogen) atoms. The number of fused-ring (bicyclic) bond motifs is 1. The van der Waals surface area contributed by atoms with Crippen molar-refractivity contribution in [3.8, 4) is 11.3 Å². The average molecular weight is 300 g/mol. The molecule has 0 radical (unpaired) electrons. The Morgan fingerprint density at radius 3 is 2.90 bits per heavy atom. The molecule has 2 aromatic heterocycles. The lowest BCUT2D eigenvalue weighted by atomic mass is 10.1. The van der Waals surface area contributed by atoms with Crippen molar-refractivity contribution in [3.63, 3.8) is 0 Å². The van der Waals surface area contributed by atoms with E-state index in [0.717, 1.165) is 35.0 Å². The molecule has 2 N–H and O–H groups in total. The molecule has 0 bridgehead atoms. The minimum absolute atomic E-state index is 0.771. The van der Waals surface area contributed by atoms with Gasteiger partial charge in [0.1, 0.15) is 0 Å². The van der Waals surface area contributed by atoms with Crippen molar-refractivity contribution in [3.05, 3.63) is 41.5 Å². The Kier molecular flexibility index (Phi) is 3.94. The number of hydrogen-bond donors (Lipinski definition) is 1. The van der Waals surface area contributed by atoms with Crippen molar-refractivity contribution >= 4 is 22.0 Å². The van der Waals surface area contributed by atoms with Gasteiger partial charge in [-0.05, 0) is 26.1 Å². The second-order valence-electron chi connectivity index (χ2n) is 5.33. The number of nitrogens with zero attached hydrogens (tertiary/aromatic N) is 3. The molecule has 0 spiro atoms. The fraction of sp³-hybridized carbons (Fsp3) is 0.312. The maximum absolute atomic E-state index is 6.05. The van der Waals surface area contributed by atoms with Crippen molar-refractivity contribution in [2.24, 2.45) is 0 Å². The molecule has 0 unspecified atom stereocenters. The topological polar surface area (TPSA) is 46.6 Å². The zero-order valence-corrected chi connectivity index (χ0v) is 13.2. The molecular weight excluding hydrogens is 280 g/mol. The zero-order chi connectivity index (χ0) is 14.8. The standard InChI is InChI=1S/C16H20N4S/c1-3-8-19(2)9-12-11-21-16-18-15(10-20(12)16)13-6-4-5-7-14(13)17/h4-7,10-11H,3,8-9,17H2,1-2H3. The van der Waals surface area contributed by atoms with Crippen molar-refractivity contribution in [2.45, 2.75) is 19.9 Å². The molecular formula is C16H20N4S. The van der Waals surface area contributed by atoms with Crippen molar-refractivity contribution in [1.82, 2.24) is 14.3 Å². The molecule has 0 aliphatic carbocycles. The molecule has 0 amide bonds. The van der Waals surface area contributed by atoms with Gasteiger partial charge in [-0.25, -0.2) is 4.98 Å². The summed E-state index contributed by atoms with van der Waals surface area (Å²) >= 11 is 1.68. The monoisotopic (exact) mass is 300 g/mol. The Morgan fingerprint density at radius 1 is 1.33 bits per heavy atom. The van der Waals surface area contributed by atoms with Crippen LogP contribution in [0.3, 0.4) is 0 Å². The van der Waals surface area contributed by atoms with E-state index >= 15 is 0 Å². The van der Waals surface area contributed by atoms with Crippen LogP contribution in [-0.4, -0.2) is 27.9 Å². The first-order valence-corrected chi connectivity index (χ1v) is 8.06. The fourth-order valence-corrected chi connectivity index (χ4v) is 3.40. The van der Waals surface area contributed by atoms with Crippen LogP contribution in [0.2, 0.25) is 0 Å². The second kappa shape index (κ2) is 5.87. The minimum atomic E-state index is 0.771. The molecule has 0 atom stereocenters. The first kappa shape index (κ1) is 14.1. The zero-order valence-electron chi connectivity index (χ0n) is 12.4. The third kappa shape index (κ3) is 2.80. The van der Waals surface area contributed by atoms with Crippen LogP contribution in [0, 0.1) is 0 Å². The van der Waals surface area contributed by atoms with Gasteiger partial charge in [-0.3, -0.25) is 4.40 Å². The number of hydrogen-bond acceptors (Lipinski definition) is 4. The maximum atomic E-state index is 6.05. The van der Waals surface area contributed by atoms with Gasteiger partial charge in [-0.15, -0.1) is 11.3 Å². The predicted molar refractivity (Wildman–Crippen MR) is 89.5 cm³/mol. The smallest absolute Gasteiger partial charge is 0.194 e.